The molecule has 15 nitrogen and oxygen atoms in total. The fraction of sp³-hybridized carbons (Fsp3) is 0.644. The first-order valence-electron chi connectivity index (χ1n) is 20.6. The lowest BCUT2D eigenvalue weighted by Gasteiger charge is -2.56. The van der Waals surface area contributed by atoms with E-state index in [4.69, 9.17) is 9.47 Å². The molecule has 0 aromatic rings. The minimum absolute atomic E-state index is 0.0309. The second kappa shape index (κ2) is 17.8. The number of carbonyl (C=O) groups is 6. The molecule has 1 saturated heterocycles. The van der Waals surface area contributed by atoms with Crippen molar-refractivity contribution >= 4 is 35.6 Å². The highest BCUT2D eigenvalue weighted by molar-refractivity contribution is 6.00. The molecular weight excluding hydrogens is 769 g/mol. The van der Waals surface area contributed by atoms with Crippen molar-refractivity contribution in [1.82, 2.24) is 31.6 Å². The maximum Gasteiger partial charge on any atom is 0.408 e. The van der Waals surface area contributed by atoms with Gasteiger partial charge in [0.1, 0.15) is 28.8 Å². The zero-order valence-electron chi connectivity index (χ0n) is 38.5. The van der Waals surface area contributed by atoms with Gasteiger partial charge >= 0.3 is 12.1 Å². The second-order valence-corrected chi connectivity index (χ2v) is 20.5. The molecule has 1 fully saturated rings. The van der Waals surface area contributed by atoms with Crippen molar-refractivity contribution in [3.8, 4) is 11.1 Å². The standard InChI is InChI=1S/C45H69N6O9/c1-27(33(52)45(25-41(9,10)51(58)42(11,12)26-45)50-44(15,16)37(56)47-28(2)35(54)59-39(3,4)5)46-36(55)43(13,14)49-34(53)32(48-38(57)60-40(6,7)8)24-30-23-22-29-20-18-17-19-21-31(29)30/h17-23,27-28,32,50H,24-26H2,1-16H3,(H,46,55)(H,47,56)(H,48,57)(H,49,53)/t27-,28-,32-/m0/s1. The molecular formula is C45H69N6O9. The Bertz CT molecular complexity index is 1870. The van der Waals surface area contributed by atoms with Crippen LogP contribution in [0.5, 0.6) is 0 Å². The van der Waals surface area contributed by atoms with Gasteiger partial charge in [-0.25, -0.2) is 9.59 Å². The minimum Gasteiger partial charge on any atom is -0.458 e. The fourth-order valence-electron chi connectivity index (χ4n) is 7.95. The van der Waals surface area contributed by atoms with Crippen molar-refractivity contribution in [2.45, 2.75) is 187 Å². The molecule has 2 aliphatic carbocycles. The highest BCUT2D eigenvalue weighted by atomic mass is 16.6. The lowest BCUT2D eigenvalue weighted by molar-refractivity contribution is -0.296. The Morgan fingerprint density at radius 2 is 1.20 bits per heavy atom. The molecule has 1 aliphatic heterocycles. The lowest BCUT2D eigenvalue weighted by atomic mass is 9.66. The van der Waals surface area contributed by atoms with E-state index in [-0.39, 0.29) is 19.3 Å². The molecule has 0 unspecified atom stereocenters. The summed E-state index contributed by atoms with van der Waals surface area (Å²) in [5, 5.41) is 28.7. The zero-order chi connectivity index (χ0) is 46.0. The number of hydrogen-bond donors (Lipinski definition) is 5. The smallest absolute Gasteiger partial charge is 0.408 e. The van der Waals surface area contributed by atoms with E-state index in [0.29, 0.717) is 0 Å². The molecule has 3 atom stereocenters. The molecule has 0 aromatic carbocycles. The van der Waals surface area contributed by atoms with Gasteiger partial charge in [0, 0.05) is 17.5 Å². The van der Waals surface area contributed by atoms with Crippen LogP contribution in [0.2, 0.25) is 0 Å². The minimum atomic E-state index is -1.60. The number of alkyl carbamates (subject to hydrolysis) is 1. The number of rotatable bonds is 14. The zero-order valence-corrected chi connectivity index (χ0v) is 38.5. The molecule has 333 valence electrons. The number of ketones is 1. The third kappa shape index (κ3) is 12.7. The van der Waals surface area contributed by atoms with E-state index in [1.165, 1.54) is 27.7 Å². The number of hydrogen-bond acceptors (Lipinski definition) is 10. The first kappa shape index (κ1) is 49.8. The van der Waals surface area contributed by atoms with Gasteiger partial charge in [-0.3, -0.25) is 24.5 Å². The number of amides is 4. The number of esters is 1. The molecule has 3 aliphatic rings. The predicted molar refractivity (Wildman–Crippen MR) is 228 cm³/mol. The van der Waals surface area contributed by atoms with E-state index < -0.39 is 92.6 Å². The summed E-state index contributed by atoms with van der Waals surface area (Å²) in [5.74, 6) is -3.07. The van der Waals surface area contributed by atoms with Gasteiger partial charge in [-0.05, 0) is 140 Å². The van der Waals surface area contributed by atoms with Crippen LogP contribution in [0.4, 0.5) is 4.79 Å². The van der Waals surface area contributed by atoms with Crippen LogP contribution in [-0.4, -0.2) is 97.7 Å². The molecule has 0 bridgehead atoms. The van der Waals surface area contributed by atoms with E-state index in [2.05, 4.69) is 26.6 Å². The third-order valence-electron chi connectivity index (χ3n) is 10.3. The molecule has 15 heteroatoms. The van der Waals surface area contributed by atoms with E-state index >= 15 is 0 Å². The van der Waals surface area contributed by atoms with Gasteiger partial charge in [0.15, 0.2) is 5.78 Å². The Hall–Kier alpha value is -4.60. The summed E-state index contributed by atoms with van der Waals surface area (Å²) in [5.41, 5.74) is -5.80. The highest BCUT2D eigenvalue weighted by Gasteiger charge is 2.59. The van der Waals surface area contributed by atoms with E-state index in [1.54, 1.807) is 83.1 Å². The number of piperidine rings is 1. The number of carbonyl (C=O) groups excluding carboxylic acids is 6. The Balaban J connectivity index is 1.90. The summed E-state index contributed by atoms with van der Waals surface area (Å²) >= 11 is 0. The van der Waals surface area contributed by atoms with Crippen LogP contribution in [-0.2, 0) is 45.1 Å². The van der Waals surface area contributed by atoms with E-state index in [0.717, 1.165) is 21.8 Å². The van der Waals surface area contributed by atoms with Crippen LogP contribution in [0.1, 0.15) is 129 Å². The maximum atomic E-state index is 14.9. The van der Waals surface area contributed by atoms with Gasteiger partial charge in [0.2, 0.25) is 17.7 Å². The summed E-state index contributed by atoms with van der Waals surface area (Å²) in [6.45, 7) is 26.2. The Labute approximate surface area is 356 Å². The van der Waals surface area contributed by atoms with Gasteiger partial charge in [-0.15, -0.1) is 10.3 Å². The first-order valence-corrected chi connectivity index (χ1v) is 20.6. The number of nitrogens with one attached hydrogen (secondary N) is 5. The SMILES string of the molecule is C[C@H](NC(=O)C(C)(C)NC1(C(=O)[C@H](C)NC(=O)C(C)(C)NC(=O)[C@H](Cc2ccc3cccccc2-3)NC(=O)OC(C)(C)C)CC(C)(C)N([O])C(C)(C)C1)C(=O)OC(C)(C)C. The van der Waals surface area contributed by atoms with Gasteiger partial charge in [-0.1, -0.05) is 42.5 Å². The molecule has 1 heterocycles. The quantitative estimate of drug-likeness (QED) is 0.158. The fourth-order valence-corrected chi connectivity index (χ4v) is 7.95. The van der Waals surface area contributed by atoms with Crippen LogP contribution in [0.25, 0.3) is 11.1 Å². The van der Waals surface area contributed by atoms with Crippen molar-refractivity contribution in [2.75, 3.05) is 0 Å². The average Bonchev–Trinajstić information content (AvgIpc) is 3.28. The first-order chi connectivity index (χ1) is 27.1. The summed E-state index contributed by atoms with van der Waals surface area (Å²) in [4.78, 5) is 82.5. The molecule has 0 aromatic heterocycles. The normalized spacial score (nSPS) is 18.3. The predicted octanol–water partition coefficient (Wildman–Crippen LogP) is 5.15. The Kier molecular flexibility index (Phi) is 14.7. The second-order valence-electron chi connectivity index (χ2n) is 20.5. The Morgan fingerprint density at radius 1 is 0.683 bits per heavy atom. The maximum absolute atomic E-state index is 14.9. The van der Waals surface area contributed by atoms with E-state index in [9.17, 15) is 34.0 Å². The molecule has 5 N–H and O–H groups in total. The summed E-state index contributed by atoms with van der Waals surface area (Å²) < 4.78 is 10.9. The van der Waals surface area contributed by atoms with Gasteiger partial charge in [0.25, 0.3) is 0 Å². The summed E-state index contributed by atoms with van der Waals surface area (Å²) in [6, 6.07) is 10.00. The van der Waals surface area contributed by atoms with Crippen molar-refractivity contribution in [3.05, 3.63) is 48.0 Å². The monoisotopic (exact) mass is 838 g/mol. The Morgan fingerprint density at radius 3 is 1.75 bits per heavy atom. The average molecular weight is 838 g/mol. The molecule has 3 rings (SSSR count). The van der Waals surface area contributed by atoms with E-state index in [1.807, 2.05) is 42.5 Å². The largest absolute Gasteiger partial charge is 0.458 e. The van der Waals surface area contributed by atoms with Crippen molar-refractivity contribution in [2.24, 2.45) is 0 Å². The number of fused-ring (bicyclic) bond motifs is 1. The van der Waals surface area contributed by atoms with Gasteiger partial charge in [0.05, 0.1) is 17.1 Å². The van der Waals surface area contributed by atoms with Crippen LogP contribution in [0.3, 0.4) is 0 Å². The third-order valence-corrected chi connectivity index (χ3v) is 10.3. The van der Waals surface area contributed by atoms with Crippen LogP contribution >= 0.6 is 0 Å². The highest BCUT2D eigenvalue weighted by Crippen LogP contribution is 2.44. The lowest BCUT2D eigenvalue weighted by Crippen LogP contribution is -2.76. The van der Waals surface area contributed by atoms with Crippen LogP contribution < -0.4 is 26.6 Å². The molecule has 0 spiro atoms. The summed E-state index contributed by atoms with van der Waals surface area (Å²) in [6.07, 6.45) is -0.788. The van der Waals surface area contributed by atoms with Crippen LogP contribution in [0, 0.1) is 0 Å². The van der Waals surface area contributed by atoms with Gasteiger partial charge in [-0.2, -0.15) is 0 Å². The van der Waals surface area contributed by atoms with Crippen molar-refractivity contribution in [3.63, 3.8) is 0 Å². The van der Waals surface area contributed by atoms with Crippen molar-refractivity contribution < 1.29 is 43.4 Å². The van der Waals surface area contributed by atoms with Crippen LogP contribution in [0.15, 0.2) is 42.5 Å². The number of hydroxylamine groups is 2. The molecule has 4 amide bonds. The number of ether oxygens (including phenoxy) is 2. The number of nitrogens with zero attached hydrogens (tertiary/aromatic N) is 1. The van der Waals surface area contributed by atoms with Gasteiger partial charge < -0.3 is 30.7 Å². The van der Waals surface area contributed by atoms with Crippen molar-refractivity contribution in [1.29, 1.82) is 0 Å². The number of Topliss-reactive ketones (excluding diaryl/α,β-unsaturated/α-hetero) is 1. The molecule has 1 radical (unpaired) electrons. The topological polar surface area (TPSA) is 204 Å². The molecule has 0 saturated carbocycles. The summed E-state index contributed by atoms with van der Waals surface area (Å²) in [7, 11) is 0. The molecule has 60 heavy (non-hydrogen) atoms.